The quantitative estimate of drug-likeness (QED) is 0.769. The van der Waals surface area contributed by atoms with Gasteiger partial charge in [0.15, 0.2) is 0 Å². The summed E-state index contributed by atoms with van der Waals surface area (Å²) in [6, 6.07) is 11.4. The fourth-order valence-electron chi connectivity index (χ4n) is 5.13. The van der Waals surface area contributed by atoms with Gasteiger partial charge in [0.05, 0.1) is 0 Å². The molecule has 1 aromatic carbocycles. The Hall–Kier alpha value is -1.88. The number of nitrogens with one attached hydrogen (secondary N) is 1. The van der Waals surface area contributed by atoms with Gasteiger partial charge in [0.2, 0.25) is 11.8 Å². The van der Waals surface area contributed by atoms with Gasteiger partial charge in [0.25, 0.3) is 0 Å². The Morgan fingerprint density at radius 2 is 1.66 bits per heavy atom. The third-order valence-electron chi connectivity index (χ3n) is 7.05. The van der Waals surface area contributed by atoms with Crippen LogP contribution in [0.1, 0.15) is 63.4 Å². The molecule has 0 spiro atoms. The van der Waals surface area contributed by atoms with E-state index in [9.17, 15) is 9.59 Å². The number of nitrogens with zero attached hydrogens (tertiary/aromatic N) is 2. The molecule has 158 valence electrons. The van der Waals surface area contributed by atoms with Crippen LogP contribution in [0.4, 0.5) is 0 Å². The highest BCUT2D eigenvalue weighted by atomic mass is 16.2. The molecule has 2 heterocycles. The average molecular weight is 398 g/mol. The van der Waals surface area contributed by atoms with E-state index in [1.807, 2.05) is 0 Å². The van der Waals surface area contributed by atoms with Gasteiger partial charge in [-0.25, -0.2) is 0 Å². The highest BCUT2D eigenvalue weighted by molar-refractivity contribution is 5.77. The standard InChI is InChI=1S/C24H35N3O2/c1-18(28)25-16-23-10-9-22(27(23)17-19-7-8-19)15-24(29)26-13-11-21(12-14-26)20-5-3-2-4-6-20/h2-6,19,21-23H,7-17H2,1H3,(H,25,28)/t22-,23+/m0/s1. The lowest BCUT2D eigenvalue weighted by molar-refractivity contribution is -0.133. The zero-order valence-electron chi connectivity index (χ0n) is 17.7. The van der Waals surface area contributed by atoms with Crippen LogP contribution in [0.5, 0.6) is 0 Å². The van der Waals surface area contributed by atoms with Gasteiger partial charge in [-0.15, -0.1) is 0 Å². The number of carbonyl (C=O) groups excluding carboxylic acids is 2. The smallest absolute Gasteiger partial charge is 0.224 e. The van der Waals surface area contributed by atoms with Gasteiger partial charge >= 0.3 is 0 Å². The Morgan fingerprint density at radius 3 is 2.31 bits per heavy atom. The van der Waals surface area contributed by atoms with Crippen molar-refractivity contribution in [2.45, 2.75) is 69.9 Å². The Bertz CT molecular complexity index is 695. The van der Waals surface area contributed by atoms with Crippen LogP contribution in [0.25, 0.3) is 0 Å². The number of benzene rings is 1. The van der Waals surface area contributed by atoms with Gasteiger partial charge in [-0.2, -0.15) is 0 Å². The van der Waals surface area contributed by atoms with E-state index in [4.69, 9.17) is 0 Å². The first kappa shape index (κ1) is 20.4. The van der Waals surface area contributed by atoms with Crippen LogP contribution in [-0.4, -0.2) is 59.9 Å². The third-order valence-corrected chi connectivity index (χ3v) is 7.05. The summed E-state index contributed by atoms with van der Waals surface area (Å²) >= 11 is 0. The molecule has 2 saturated heterocycles. The largest absolute Gasteiger partial charge is 0.355 e. The second-order valence-corrected chi connectivity index (χ2v) is 9.23. The maximum atomic E-state index is 13.0. The van der Waals surface area contributed by atoms with E-state index < -0.39 is 0 Å². The second-order valence-electron chi connectivity index (χ2n) is 9.23. The van der Waals surface area contributed by atoms with Gasteiger partial charge in [0.1, 0.15) is 0 Å². The van der Waals surface area contributed by atoms with Crippen molar-refractivity contribution in [1.29, 1.82) is 0 Å². The molecule has 1 aromatic rings. The maximum absolute atomic E-state index is 13.0. The van der Waals surface area contributed by atoms with Crippen molar-refractivity contribution in [3.8, 4) is 0 Å². The summed E-state index contributed by atoms with van der Waals surface area (Å²) in [5.41, 5.74) is 1.41. The van der Waals surface area contributed by atoms with Crippen molar-refractivity contribution in [2.75, 3.05) is 26.2 Å². The minimum atomic E-state index is 0.0391. The fraction of sp³-hybridized carbons (Fsp3) is 0.667. The molecule has 2 atom stereocenters. The van der Waals surface area contributed by atoms with E-state index in [0.29, 0.717) is 30.3 Å². The molecular formula is C24H35N3O2. The van der Waals surface area contributed by atoms with Crippen LogP contribution >= 0.6 is 0 Å². The van der Waals surface area contributed by atoms with Gasteiger partial charge in [-0.3, -0.25) is 14.5 Å². The normalized spacial score (nSPS) is 25.9. The van der Waals surface area contributed by atoms with E-state index in [0.717, 1.165) is 57.8 Å². The van der Waals surface area contributed by atoms with E-state index in [2.05, 4.69) is 45.4 Å². The van der Waals surface area contributed by atoms with Crippen molar-refractivity contribution in [2.24, 2.45) is 5.92 Å². The summed E-state index contributed by atoms with van der Waals surface area (Å²) in [7, 11) is 0. The average Bonchev–Trinajstić information content (AvgIpc) is 3.49. The first-order valence-corrected chi connectivity index (χ1v) is 11.4. The monoisotopic (exact) mass is 397 g/mol. The molecule has 3 aliphatic rings. The summed E-state index contributed by atoms with van der Waals surface area (Å²) in [4.78, 5) is 29.0. The lowest BCUT2D eigenvalue weighted by Crippen LogP contribution is -2.46. The molecule has 1 N–H and O–H groups in total. The van der Waals surface area contributed by atoms with Crippen LogP contribution in [0.2, 0.25) is 0 Å². The highest BCUT2D eigenvalue weighted by Gasteiger charge is 2.38. The molecule has 0 aromatic heterocycles. The number of carbonyl (C=O) groups is 2. The van der Waals surface area contributed by atoms with Crippen molar-refractivity contribution in [1.82, 2.24) is 15.1 Å². The Morgan fingerprint density at radius 1 is 0.966 bits per heavy atom. The van der Waals surface area contributed by atoms with E-state index >= 15 is 0 Å². The predicted molar refractivity (Wildman–Crippen MR) is 115 cm³/mol. The summed E-state index contributed by atoms with van der Waals surface area (Å²) in [6.45, 7) is 5.15. The number of likely N-dealkylation sites (tertiary alicyclic amines) is 2. The van der Waals surface area contributed by atoms with Crippen molar-refractivity contribution in [3.63, 3.8) is 0 Å². The molecule has 2 aliphatic heterocycles. The van der Waals surface area contributed by atoms with Crippen molar-refractivity contribution in [3.05, 3.63) is 35.9 Å². The van der Waals surface area contributed by atoms with Crippen LogP contribution in [-0.2, 0) is 9.59 Å². The zero-order chi connectivity index (χ0) is 20.2. The fourth-order valence-corrected chi connectivity index (χ4v) is 5.13. The minimum Gasteiger partial charge on any atom is -0.355 e. The summed E-state index contributed by atoms with van der Waals surface area (Å²) < 4.78 is 0. The van der Waals surface area contributed by atoms with Crippen LogP contribution in [0.15, 0.2) is 30.3 Å². The topological polar surface area (TPSA) is 52.7 Å². The lowest BCUT2D eigenvalue weighted by Gasteiger charge is -2.35. The van der Waals surface area contributed by atoms with E-state index in [1.165, 1.54) is 18.4 Å². The number of piperidine rings is 1. The summed E-state index contributed by atoms with van der Waals surface area (Å²) in [5, 5.41) is 2.99. The number of hydrogen-bond donors (Lipinski definition) is 1. The van der Waals surface area contributed by atoms with Crippen LogP contribution in [0, 0.1) is 5.92 Å². The molecular weight excluding hydrogens is 362 g/mol. The molecule has 1 aliphatic carbocycles. The first-order valence-electron chi connectivity index (χ1n) is 11.4. The van der Waals surface area contributed by atoms with E-state index in [-0.39, 0.29) is 5.91 Å². The van der Waals surface area contributed by atoms with Gasteiger partial charge in [-0.1, -0.05) is 30.3 Å². The second kappa shape index (κ2) is 9.29. The lowest BCUT2D eigenvalue weighted by atomic mass is 9.89. The highest BCUT2D eigenvalue weighted by Crippen LogP contribution is 2.36. The number of amides is 2. The van der Waals surface area contributed by atoms with Gasteiger partial charge in [0, 0.05) is 51.6 Å². The van der Waals surface area contributed by atoms with Gasteiger partial charge < -0.3 is 10.2 Å². The van der Waals surface area contributed by atoms with Gasteiger partial charge in [-0.05, 0) is 55.9 Å². The molecule has 3 fully saturated rings. The molecule has 29 heavy (non-hydrogen) atoms. The Balaban J connectivity index is 1.29. The van der Waals surface area contributed by atoms with Crippen molar-refractivity contribution < 1.29 is 9.59 Å². The van der Waals surface area contributed by atoms with E-state index in [1.54, 1.807) is 6.92 Å². The third kappa shape index (κ3) is 5.39. The molecule has 5 heteroatoms. The number of rotatable bonds is 7. The molecule has 1 saturated carbocycles. The summed E-state index contributed by atoms with van der Waals surface area (Å²) in [5.74, 6) is 1.74. The molecule has 2 amide bonds. The SMILES string of the molecule is CC(=O)NC[C@H]1CC[C@@H](CC(=O)N2CCC(c3ccccc3)CC2)N1CC1CC1. The minimum absolute atomic E-state index is 0.0391. The van der Waals surface area contributed by atoms with Crippen molar-refractivity contribution >= 4 is 11.8 Å². The number of hydrogen-bond acceptors (Lipinski definition) is 3. The Labute approximate surface area is 174 Å². The molecule has 5 nitrogen and oxygen atoms in total. The van der Waals surface area contributed by atoms with Crippen LogP contribution < -0.4 is 5.32 Å². The molecule has 4 rings (SSSR count). The molecule has 0 radical (unpaired) electrons. The molecule has 0 unspecified atom stereocenters. The summed E-state index contributed by atoms with van der Waals surface area (Å²) in [6.07, 6.45) is 7.56. The maximum Gasteiger partial charge on any atom is 0.224 e. The first-order chi connectivity index (χ1) is 14.1. The van der Waals surface area contributed by atoms with Crippen LogP contribution in [0.3, 0.4) is 0 Å². The zero-order valence-corrected chi connectivity index (χ0v) is 17.7. The Kier molecular flexibility index (Phi) is 6.53. The predicted octanol–water partition coefficient (Wildman–Crippen LogP) is 3.16. The molecule has 0 bridgehead atoms.